The molecule has 0 spiro atoms. The van der Waals surface area contributed by atoms with Crippen molar-refractivity contribution in [3.05, 3.63) is 28.8 Å². The Kier molecular flexibility index (Phi) is 3.83. The van der Waals surface area contributed by atoms with E-state index in [2.05, 4.69) is 9.72 Å². The third kappa shape index (κ3) is 2.30. The quantitative estimate of drug-likeness (QED) is 0.634. The minimum absolute atomic E-state index is 0.178. The highest BCUT2D eigenvalue weighted by Crippen LogP contribution is 2.24. The topological polar surface area (TPSA) is 65.2 Å². The lowest BCUT2D eigenvalue weighted by molar-refractivity contribution is 0.0579. The highest BCUT2D eigenvalue weighted by molar-refractivity contribution is 5.88. The van der Waals surface area contributed by atoms with E-state index in [1.54, 1.807) is 0 Å². The summed E-state index contributed by atoms with van der Waals surface area (Å²) in [7, 11) is 0.994. The Hall–Kier alpha value is -1.63. The summed E-state index contributed by atoms with van der Waals surface area (Å²) in [5, 5.41) is 0. The van der Waals surface area contributed by atoms with Gasteiger partial charge in [0, 0.05) is 12.1 Å². The minimum atomic E-state index is -2.95. The average molecular weight is 234 g/mol. The molecule has 16 heavy (non-hydrogen) atoms. The van der Waals surface area contributed by atoms with Crippen LogP contribution in [0.25, 0.3) is 0 Å². The molecule has 88 valence electrons. The van der Waals surface area contributed by atoms with Crippen LogP contribution >= 0.6 is 0 Å². The van der Waals surface area contributed by atoms with Crippen LogP contribution in [0.15, 0.2) is 6.07 Å². The molecule has 4 nitrogen and oxygen atoms in total. The Morgan fingerprint density at radius 2 is 2.25 bits per heavy atom. The normalized spacial score (nSPS) is 10.6. The van der Waals surface area contributed by atoms with E-state index in [0.29, 0.717) is 0 Å². The van der Waals surface area contributed by atoms with Crippen LogP contribution in [-0.2, 0) is 11.3 Å². The molecule has 0 unspecified atom stereocenters. The molecule has 7 heteroatoms. The van der Waals surface area contributed by atoms with Gasteiger partial charge in [-0.1, -0.05) is 0 Å². The van der Waals surface area contributed by atoms with Gasteiger partial charge >= 0.3 is 5.97 Å². The molecule has 0 saturated carbocycles. The van der Waals surface area contributed by atoms with Gasteiger partial charge in [-0.3, -0.25) is 0 Å². The Morgan fingerprint density at radius 3 is 2.69 bits per heavy atom. The summed E-state index contributed by atoms with van der Waals surface area (Å²) in [4.78, 5) is 14.2. The number of nitrogens with zero attached hydrogens (tertiary/aromatic N) is 1. The number of carbonyl (C=O) groups excluding carboxylic acids is 1. The van der Waals surface area contributed by atoms with Crippen LogP contribution in [0.3, 0.4) is 0 Å². The average Bonchev–Trinajstić information content (AvgIpc) is 2.27. The van der Waals surface area contributed by atoms with Crippen LogP contribution in [0.5, 0.6) is 0 Å². The second-order valence-corrected chi connectivity index (χ2v) is 2.87. The van der Waals surface area contributed by atoms with E-state index in [0.717, 1.165) is 13.2 Å². The maximum atomic E-state index is 13.1. The van der Waals surface area contributed by atoms with E-state index in [9.17, 15) is 18.0 Å². The molecule has 0 atom stereocenters. The minimum Gasteiger partial charge on any atom is -0.464 e. The van der Waals surface area contributed by atoms with Gasteiger partial charge in [-0.05, 0) is 6.07 Å². The molecule has 1 aromatic rings. The first-order valence-corrected chi connectivity index (χ1v) is 4.27. The van der Waals surface area contributed by atoms with E-state index >= 15 is 0 Å². The zero-order valence-electron chi connectivity index (χ0n) is 8.34. The largest absolute Gasteiger partial charge is 0.464 e. The molecular formula is C9H9F3N2O2. The number of carbonyl (C=O) groups is 1. The third-order valence-electron chi connectivity index (χ3n) is 1.91. The van der Waals surface area contributed by atoms with Crippen LogP contribution in [-0.4, -0.2) is 18.1 Å². The molecule has 0 saturated heterocycles. The van der Waals surface area contributed by atoms with E-state index < -0.39 is 29.6 Å². The molecule has 0 aromatic carbocycles. The number of hydrogen-bond donors (Lipinski definition) is 1. The van der Waals surface area contributed by atoms with E-state index in [1.165, 1.54) is 0 Å². The molecule has 2 N–H and O–H groups in total. The monoisotopic (exact) mass is 234 g/mol. The molecule has 0 fully saturated rings. The van der Waals surface area contributed by atoms with Gasteiger partial charge < -0.3 is 10.5 Å². The predicted molar refractivity (Wildman–Crippen MR) is 48.4 cm³/mol. The zero-order valence-corrected chi connectivity index (χ0v) is 8.34. The fraction of sp³-hybridized carbons (Fsp3) is 0.333. The van der Waals surface area contributed by atoms with Gasteiger partial charge in [-0.2, -0.15) is 4.39 Å². The standard InChI is InChI=1S/C9H9F3N2O2/c1-16-9(15)6-5(7(10)11)2-4(3-13)8(12)14-6/h2,7H,3,13H2,1H3. The summed E-state index contributed by atoms with van der Waals surface area (Å²) >= 11 is 0. The second-order valence-electron chi connectivity index (χ2n) is 2.87. The summed E-state index contributed by atoms with van der Waals surface area (Å²) in [5.41, 5.74) is 3.54. The summed E-state index contributed by atoms with van der Waals surface area (Å²) in [6.07, 6.45) is -2.95. The third-order valence-corrected chi connectivity index (χ3v) is 1.91. The molecule has 1 aromatic heterocycles. The first kappa shape index (κ1) is 12.4. The number of alkyl halides is 2. The van der Waals surface area contributed by atoms with Gasteiger partial charge in [0.1, 0.15) is 0 Å². The SMILES string of the molecule is COC(=O)c1nc(F)c(CN)cc1C(F)F. The zero-order chi connectivity index (χ0) is 12.3. The Bertz CT molecular complexity index is 410. The number of methoxy groups -OCH3 is 1. The summed E-state index contributed by atoms with van der Waals surface area (Å²) in [5.74, 6) is -2.16. The molecule has 0 amide bonds. The molecular weight excluding hydrogens is 225 g/mol. The highest BCUT2D eigenvalue weighted by atomic mass is 19.3. The molecule has 0 aliphatic rings. The fourth-order valence-electron chi connectivity index (χ4n) is 1.12. The molecule has 0 aliphatic heterocycles. The Labute approximate surface area is 89.2 Å². The number of halogens is 3. The van der Waals surface area contributed by atoms with Gasteiger partial charge in [-0.25, -0.2) is 18.6 Å². The van der Waals surface area contributed by atoms with Gasteiger partial charge in [0.05, 0.1) is 12.7 Å². The van der Waals surface area contributed by atoms with Gasteiger partial charge in [0.2, 0.25) is 5.95 Å². The maximum absolute atomic E-state index is 13.1. The summed E-state index contributed by atoms with van der Waals surface area (Å²) in [6, 6.07) is 0.819. The lowest BCUT2D eigenvalue weighted by atomic mass is 10.1. The molecule has 0 bridgehead atoms. The van der Waals surface area contributed by atoms with Gasteiger partial charge in [0.25, 0.3) is 6.43 Å². The Balaban J connectivity index is 3.36. The molecule has 0 aliphatic carbocycles. The summed E-state index contributed by atoms with van der Waals surface area (Å²) < 4.78 is 42.5. The van der Waals surface area contributed by atoms with Crippen molar-refractivity contribution >= 4 is 5.97 Å². The number of esters is 1. The summed E-state index contributed by atoms with van der Waals surface area (Å²) in [6.45, 7) is -0.278. The van der Waals surface area contributed by atoms with E-state index in [4.69, 9.17) is 5.73 Å². The Morgan fingerprint density at radius 1 is 1.62 bits per heavy atom. The van der Waals surface area contributed by atoms with Gasteiger partial charge in [0.15, 0.2) is 5.69 Å². The smallest absolute Gasteiger partial charge is 0.357 e. The van der Waals surface area contributed by atoms with Crippen LogP contribution < -0.4 is 5.73 Å². The second kappa shape index (κ2) is 4.93. The van der Waals surface area contributed by atoms with Crippen molar-refractivity contribution in [3.8, 4) is 0 Å². The van der Waals surface area contributed by atoms with Crippen molar-refractivity contribution in [3.63, 3.8) is 0 Å². The van der Waals surface area contributed by atoms with Crippen LogP contribution in [0.2, 0.25) is 0 Å². The number of rotatable bonds is 3. The number of pyridine rings is 1. The first-order valence-electron chi connectivity index (χ1n) is 4.27. The van der Waals surface area contributed by atoms with Crippen molar-refractivity contribution in [1.82, 2.24) is 4.98 Å². The van der Waals surface area contributed by atoms with Crippen LogP contribution in [0.4, 0.5) is 13.2 Å². The number of hydrogen-bond acceptors (Lipinski definition) is 4. The molecule has 0 radical (unpaired) electrons. The lowest BCUT2D eigenvalue weighted by Gasteiger charge is -2.08. The maximum Gasteiger partial charge on any atom is 0.357 e. The van der Waals surface area contributed by atoms with Gasteiger partial charge in [-0.15, -0.1) is 0 Å². The highest BCUT2D eigenvalue weighted by Gasteiger charge is 2.23. The fourth-order valence-corrected chi connectivity index (χ4v) is 1.12. The predicted octanol–water partition coefficient (Wildman–Crippen LogP) is 1.40. The van der Waals surface area contributed by atoms with Crippen molar-refractivity contribution in [2.75, 3.05) is 7.11 Å². The number of aromatic nitrogens is 1. The van der Waals surface area contributed by atoms with Crippen molar-refractivity contribution in [1.29, 1.82) is 0 Å². The number of nitrogens with two attached hydrogens (primary N) is 1. The van der Waals surface area contributed by atoms with Crippen molar-refractivity contribution < 1.29 is 22.7 Å². The first-order chi connectivity index (χ1) is 7.51. The van der Waals surface area contributed by atoms with Crippen LogP contribution in [0, 0.1) is 5.95 Å². The molecule has 1 rings (SSSR count). The number of ether oxygens (including phenoxy) is 1. The van der Waals surface area contributed by atoms with E-state index in [-0.39, 0.29) is 12.1 Å². The van der Waals surface area contributed by atoms with Crippen LogP contribution in [0.1, 0.15) is 28.0 Å². The lowest BCUT2D eigenvalue weighted by Crippen LogP contribution is -2.13. The molecule has 1 heterocycles. The van der Waals surface area contributed by atoms with E-state index in [1.807, 2.05) is 0 Å². The van der Waals surface area contributed by atoms with Crippen molar-refractivity contribution in [2.24, 2.45) is 5.73 Å². The van der Waals surface area contributed by atoms with Crippen molar-refractivity contribution in [2.45, 2.75) is 13.0 Å².